The number of fused-ring (bicyclic) bond motifs is 1. The highest BCUT2D eigenvalue weighted by Crippen LogP contribution is 2.42. The smallest absolute Gasteiger partial charge is 0.408 e. The molecule has 296 valence electrons. The first-order chi connectivity index (χ1) is 27.2. The number of carboxylic acid groups (broad SMARTS) is 1. The summed E-state index contributed by atoms with van der Waals surface area (Å²) < 4.78 is 36.4. The number of carbonyl (C=O) groups excluding carboxylic acids is 2. The standard InChI is InChI=1S/C42H43F2N7O6/c1-23(57-39(43)44)35(49-40(53)56-5)38(52)50-18-6-7-32(50)36-45-22-31(48-36)29-15-14-27-19-26(12-13-28(27)20-29)24-8-10-25(11-9-24)30-21-46-37(47-30)33-16-17-34(42(2,3)4)51(33)41(54)55/h6-15,18-23,33-35,39H,16-17H2,1-5H3,(H,45,48)(H,46,47)(H,49,53)(H,54,55). The molecule has 4 N–H and O–H groups in total. The van der Waals surface area contributed by atoms with Crippen molar-refractivity contribution in [2.75, 3.05) is 7.11 Å². The van der Waals surface area contributed by atoms with E-state index in [9.17, 15) is 28.3 Å². The molecule has 4 atom stereocenters. The first-order valence-electron chi connectivity index (χ1n) is 18.5. The van der Waals surface area contributed by atoms with Crippen LogP contribution in [0.15, 0.2) is 91.4 Å². The Kier molecular flexibility index (Phi) is 10.7. The first-order valence-corrected chi connectivity index (χ1v) is 18.5. The van der Waals surface area contributed by atoms with E-state index in [1.54, 1.807) is 29.4 Å². The summed E-state index contributed by atoms with van der Waals surface area (Å²) in [6.07, 6.45) is 3.08. The number of aromatic nitrogens is 5. The Morgan fingerprint density at radius 3 is 2.18 bits per heavy atom. The monoisotopic (exact) mass is 779 g/mol. The zero-order valence-electron chi connectivity index (χ0n) is 32.0. The summed E-state index contributed by atoms with van der Waals surface area (Å²) in [4.78, 5) is 55.0. The molecule has 3 aromatic carbocycles. The number of aromatic amines is 2. The predicted molar refractivity (Wildman–Crippen MR) is 210 cm³/mol. The van der Waals surface area contributed by atoms with Crippen LogP contribution in [0.3, 0.4) is 0 Å². The van der Waals surface area contributed by atoms with Crippen LogP contribution in [0.1, 0.15) is 57.2 Å². The molecule has 0 saturated carbocycles. The summed E-state index contributed by atoms with van der Waals surface area (Å²) in [7, 11) is 1.10. The van der Waals surface area contributed by atoms with Gasteiger partial charge in [-0.1, -0.05) is 69.3 Å². The van der Waals surface area contributed by atoms with Crippen molar-refractivity contribution in [1.29, 1.82) is 0 Å². The van der Waals surface area contributed by atoms with Gasteiger partial charge in [-0.05, 0) is 76.9 Å². The fourth-order valence-electron chi connectivity index (χ4n) is 7.60. The van der Waals surface area contributed by atoms with Crippen LogP contribution in [0.5, 0.6) is 0 Å². The lowest BCUT2D eigenvalue weighted by Gasteiger charge is -2.35. The van der Waals surface area contributed by atoms with Crippen molar-refractivity contribution in [3.8, 4) is 45.2 Å². The molecule has 1 fully saturated rings. The van der Waals surface area contributed by atoms with Crippen LogP contribution in [-0.4, -0.2) is 84.5 Å². The molecule has 1 aliphatic rings. The van der Waals surface area contributed by atoms with Crippen LogP contribution in [-0.2, 0) is 9.47 Å². The SMILES string of the molecule is COC(=O)NC(C(=O)n1cccc1-c1ncc(-c2ccc3cc(-c4ccc(-c5cnc(C6CCC(C(C)(C)C)N6C(=O)O)[nH]5)cc4)ccc3c2)[nH]1)C(C)OC(F)F. The second-order valence-electron chi connectivity index (χ2n) is 15.2. The Morgan fingerprint density at radius 2 is 1.51 bits per heavy atom. The van der Waals surface area contributed by atoms with Gasteiger partial charge in [0.2, 0.25) is 0 Å². The average Bonchev–Trinajstić information content (AvgIpc) is 4.01. The number of nitrogens with one attached hydrogen (secondary N) is 3. The molecule has 4 heterocycles. The summed E-state index contributed by atoms with van der Waals surface area (Å²) in [6.45, 7) is 4.30. The van der Waals surface area contributed by atoms with E-state index in [2.05, 4.69) is 67.6 Å². The second-order valence-corrected chi connectivity index (χ2v) is 15.2. The highest BCUT2D eigenvalue weighted by atomic mass is 19.3. The number of ether oxygens (including phenoxy) is 2. The summed E-state index contributed by atoms with van der Waals surface area (Å²) in [5, 5.41) is 14.3. The number of nitrogens with zero attached hydrogens (tertiary/aromatic N) is 4. The summed E-state index contributed by atoms with van der Waals surface area (Å²) >= 11 is 0. The largest absolute Gasteiger partial charge is 0.465 e. The maximum atomic E-state index is 13.5. The number of rotatable bonds is 10. The van der Waals surface area contributed by atoms with Crippen molar-refractivity contribution in [3.63, 3.8) is 0 Å². The molecule has 1 aliphatic heterocycles. The summed E-state index contributed by atoms with van der Waals surface area (Å²) in [6, 6.07) is 21.7. The van der Waals surface area contributed by atoms with Crippen molar-refractivity contribution in [1.82, 2.24) is 34.7 Å². The summed E-state index contributed by atoms with van der Waals surface area (Å²) in [5.74, 6) is 0.283. The topological polar surface area (TPSA) is 167 Å². The molecular weight excluding hydrogens is 737 g/mol. The number of alkyl halides is 2. The van der Waals surface area contributed by atoms with E-state index in [0.717, 1.165) is 52.3 Å². The maximum Gasteiger partial charge on any atom is 0.408 e. The number of alkyl carbamates (subject to hydrolysis) is 1. The van der Waals surface area contributed by atoms with E-state index < -0.39 is 36.9 Å². The molecule has 7 rings (SSSR count). The molecule has 3 aromatic heterocycles. The van der Waals surface area contributed by atoms with Gasteiger partial charge in [0.15, 0.2) is 5.82 Å². The highest BCUT2D eigenvalue weighted by molar-refractivity contribution is 5.92. The predicted octanol–water partition coefficient (Wildman–Crippen LogP) is 8.98. The van der Waals surface area contributed by atoms with Gasteiger partial charge in [0, 0.05) is 17.8 Å². The van der Waals surface area contributed by atoms with Crippen LogP contribution >= 0.6 is 0 Å². The number of amides is 2. The van der Waals surface area contributed by atoms with Crippen LogP contribution in [0.2, 0.25) is 0 Å². The second kappa shape index (κ2) is 15.7. The lowest BCUT2D eigenvalue weighted by atomic mass is 9.85. The van der Waals surface area contributed by atoms with Gasteiger partial charge in [0.25, 0.3) is 5.91 Å². The molecule has 0 spiro atoms. The lowest BCUT2D eigenvalue weighted by Crippen LogP contribution is -2.51. The lowest BCUT2D eigenvalue weighted by molar-refractivity contribution is -0.161. The van der Waals surface area contributed by atoms with E-state index >= 15 is 0 Å². The molecule has 6 aromatic rings. The number of carbonyl (C=O) groups is 3. The minimum atomic E-state index is -3.16. The van der Waals surface area contributed by atoms with Gasteiger partial charge in [0.1, 0.15) is 11.9 Å². The molecular formula is C42H43F2N7O6. The first kappa shape index (κ1) is 38.9. The summed E-state index contributed by atoms with van der Waals surface area (Å²) in [5.41, 5.74) is 5.54. The Bertz CT molecular complexity index is 2410. The number of hydrogen-bond donors (Lipinski definition) is 4. The zero-order chi connectivity index (χ0) is 40.6. The van der Waals surface area contributed by atoms with Gasteiger partial charge in [-0.25, -0.2) is 19.6 Å². The molecule has 1 saturated heterocycles. The number of imidazole rings is 2. The fourth-order valence-corrected chi connectivity index (χ4v) is 7.60. The van der Waals surface area contributed by atoms with E-state index in [4.69, 9.17) is 0 Å². The number of benzene rings is 3. The van der Waals surface area contributed by atoms with Crippen molar-refractivity contribution >= 4 is 28.9 Å². The van der Waals surface area contributed by atoms with Gasteiger partial charge in [-0.2, -0.15) is 8.78 Å². The number of likely N-dealkylation sites (tertiary alicyclic amines) is 1. The van der Waals surface area contributed by atoms with Crippen molar-refractivity contribution < 1.29 is 37.7 Å². The molecule has 57 heavy (non-hydrogen) atoms. The minimum absolute atomic E-state index is 0.0857. The van der Waals surface area contributed by atoms with Gasteiger partial charge in [-0.3, -0.25) is 14.3 Å². The van der Waals surface area contributed by atoms with Gasteiger partial charge in [0.05, 0.1) is 48.7 Å². The van der Waals surface area contributed by atoms with Gasteiger partial charge < -0.3 is 29.9 Å². The van der Waals surface area contributed by atoms with E-state index in [0.29, 0.717) is 29.5 Å². The molecule has 2 amide bonds. The van der Waals surface area contributed by atoms with Crippen LogP contribution in [0.25, 0.3) is 55.9 Å². The van der Waals surface area contributed by atoms with Crippen LogP contribution < -0.4 is 5.32 Å². The van der Waals surface area contributed by atoms with Crippen LogP contribution in [0.4, 0.5) is 18.4 Å². The Balaban J connectivity index is 1.06. The van der Waals surface area contributed by atoms with E-state index in [-0.39, 0.29) is 17.5 Å². The molecule has 15 heteroatoms. The Labute approximate surface area is 327 Å². The molecule has 0 bridgehead atoms. The Hall–Kier alpha value is -6.35. The molecule has 0 aliphatic carbocycles. The molecule has 4 unspecified atom stereocenters. The third-order valence-electron chi connectivity index (χ3n) is 10.5. The van der Waals surface area contributed by atoms with E-state index in [1.807, 2.05) is 48.5 Å². The minimum Gasteiger partial charge on any atom is -0.465 e. The fraction of sp³-hybridized carbons (Fsp3) is 0.310. The zero-order valence-corrected chi connectivity index (χ0v) is 32.0. The van der Waals surface area contributed by atoms with E-state index in [1.165, 1.54) is 17.7 Å². The third-order valence-corrected chi connectivity index (χ3v) is 10.5. The van der Waals surface area contributed by atoms with Gasteiger partial charge >= 0.3 is 18.8 Å². The third kappa shape index (κ3) is 8.01. The molecule has 13 nitrogen and oxygen atoms in total. The number of halogens is 2. The van der Waals surface area contributed by atoms with Crippen molar-refractivity contribution in [3.05, 3.63) is 97.2 Å². The van der Waals surface area contributed by atoms with Crippen molar-refractivity contribution in [2.24, 2.45) is 5.41 Å². The number of hydrogen-bond acceptors (Lipinski definition) is 7. The van der Waals surface area contributed by atoms with Crippen molar-refractivity contribution in [2.45, 2.75) is 71.4 Å². The normalized spacial score (nSPS) is 16.9. The number of H-pyrrole nitrogens is 2. The van der Waals surface area contributed by atoms with Gasteiger partial charge in [-0.15, -0.1) is 0 Å². The maximum absolute atomic E-state index is 13.5. The quantitative estimate of drug-likeness (QED) is 0.107. The Morgan fingerprint density at radius 1 is 0.877 bits per heavy atom. The molecule has 0 radical (unpaired) electrons. The average molecular weight is 780 g/mol. The van der Waals surface area contributed by atoms with Crippen LogP contribution in [0, 0.1) is 5.41 Å². The number of methoxy groups -OCH3 is 1. The highest BCUT2D eigenvalue weighted by Gasteiger charge is 2.44.